The third-order valence-electron chi connectivity index (χ3n) is 5.78. The second-order valence-electron chi connectivity index (χ2n) is 8.15. The number of fused-ring (bicyclic) bond motifs is 1. The van der Waals surface area contributed by atoms with Crippen LogP contribution in [0, 0.1) is 0 Å². The number of benzene rings is 2. The van der Waals surface area contributed by atoms with Gasteiger partial charge in [0.15, 0.2) is 0 Å². The number of likely N-dealkylation sites (tertiary alicyclic amines) is 1. The summed E-state index contributed by atoms with van der Waals surface area (Å²) < 4.78 is 33.6. The Bertz CT molecular complexity index is 1260. The van der Waals surface area contributed by atoms with Crippen molar-refractivity contribution in [1.82, 2.24) is 19.8 Å². The average Bonchev–Trinajstić information content (AvgIpc) is 3.15. The minimum absolute atomic E-state index is 0.0470. The largest absolute Gasteiger partial charge is 0.490 e. The van der Waals surface area contributed by atoms with E-state index in [0.29, 0.717) is 22.8 Å². The van der Waals surface area contributed by atoms with Gasteiger partial charge in [0.25, 0.3) is 5.91 Å². The molecule has 13 heteroatoms. The molecule has 36 heavy (non-hydrogen) atoms. The SMILES string of the molecule is Nc1cccc(Cl)c1C(=O)NCCN1CCC(n2c(=O)[nH]c3ccccc32)CC1.O=C(O)C(F)(F)F. The number of piperidine rings is 1. The van der Waals surface area contributed by atoms with Crippen molar-refractivity contribution in [2.24, 2.45) is 0 Å². The zero-order valence-corrected chi connectivity index (χ0v) is 19.8. The molecule has 3 aromatic rings. The van der Waals surface area contributed by atoms with E-state index in [1.165, 1.54) is 0 Å². The van der Waals surface area contributed by atoms with Gasteiger partial charge in [-0.15, -0.1) is 0 Å². The smallest absolute Gasteiger partial charge is 0.475 e. The van der Waals surface area contributed by atoms with Crippen molar-refractivity contribution >= 4 is 40.2 Å². The molecule has 0 spiro atoms. The van der Waals surface area contributed by atoms with E-state index in [2.05, 4.69) is 15.2 Å². The summed E-state index contributed by atoms with van der Waals surface area (Å²) in [7, 11) is 0. The number of carbonyl (C=O) groups is 2. The summed E-state index contributed by atoms with van der Waals surface area (Å²) in [6.45, 7) is 3.01. The molecule has 0 atom stereocenters. The van der Waals surface area contributed by atoms with Gasteiger partial charge in [-0.25, -0.2) is 9.59 Å². The Kier molecular flexibility index (Phi) is 8.64. The second kappa shape index (κ2) is 11.5. The monoisotopic (exact) mass is 527 g/mol. The van der Waals surface area contributed by atoms with E-state index in [4.69, 9.17) is 27.2 Å². The molecule has 1 aromatic heterocycles. The van der Waals surface area contributed by atoms with Crippen molar-refractivity contribution in [3.63, 3.8) is 0 Å². The predicted octanol–water partition coefficient (Wildman–Crippen LogP) is 3.27. The summed E-state index contributed by atoms with van der Waals surface area (Å²) in [5.41, 5.74) is 8.35. The lowest BCUT2D eigenvalue weighted by Crippen LogP contribution is -2.41. The average molecular weight is 528 g/mol. The van der Waals surface area contributed by atoms with Crippen molar-refractivity contribution in [3.05, 3.63) is 63.5 Å². The highest BCUT2D eigenvalue weighted by Gasteiger charge is 2.38. The van der Waals surface area contributed by atoms with Crippen LogP contribution in [-0.2, 0) is 4.79 Å². The molecule has 0 unspecified atom stereocenters. The number of anilines is 1. The van der Waals surface area contributed by atoms with E-state index in [1.54, 1.807) is 18.2 Å². The Balaban J connectivity index is 0.000000454. The number of aliphatic carboxylic acids is 1. The quantitative estimate of drug-likeness (QED) is 0.376. The van der Waals surface area contributed by atoms with E-state index in [1.807, 2.05) is 28.8 Å². The number of amides is 1. The Hall–Kier alpha value is -3.51. The number of para-hydroxylation sites is 2. The number of aromatic amines is 1. The Morgan fingerprint density at radius 1 is 1.14 bits per heavy atom. The van der Waals surface area contributed by atoms with Crippen molar-refractivity contribution in [2.45, 2.75) is 25.1 Å². The number of nitrogen functional groups attached to an aromatic ring is 1. The van der Waals surface area contributed by atoms with Crippen LogP contribution >= 0.6 is 11.6 Å². The highest BCUT2D eigenvalue weighted by atomic mass is 35.5. The lowest BCUT2D eigenvalue weighted by atomic mass is 10.0. The van der Waals surface area contributed by atoms with Crippen LogP contribution in [0.2, 0.25) is 5.02 Å². The first-order valence-corrected chi connectivity index (χ1v) is 11.4. The molecule has 1 aliphatic rings. The number of hydrogen-bond donors (Lipinski definition) is 4. The first-order valence-electron chi connectivity index (χ1n) is 11.0. The van der Waals surface area contributed by atoms with Gasteiger partial charge in [0.2, 0.25) is 0 Å². The van der Waals surface area contributed by atoms with Crippen LogP contribution in [0.25, 0.3) is 11.0 Å². The number of nitrogens with zero attached hydrogens (tertiary/aromatic N) is 2. The lowest BCUT2D eigenvalue weighted by Gasteiger charge is -2.32. The molecule has 1 aliphatic heterocycles. The molecular weight excluding hydrogens is 503 g/mol. The fourth-order valence-corrected chi connectivity index (χ4v) is 4.30. The molecule has 0 bridgehead atoms. The van der Waals surface area contributed by atoms with Crippen molar-refractivity contribution in [1.29, 1.82) is 0 Å². The number of H-pyrrole nitrogens is 1. The fraction of sp³-hybridized carbons (Fsp3) is 0.348. The second-order valence-corrected chi connectivity index (χ2v) is 8.56. The summed E-state index contributed by atoms with van der Waals surface area (Å²) in [5, 5.41) is 10.4. The molecule has 1 fully saturated rings. The van der Waals surface area contributed by atoms with Crippen molar-refractivity contribution in [3.8, 4) is 0 Å². The van der Waals surface area contributed by atoms with E-state index >= 15 is 0 Å². The summed E-state index contributed by atoms with van der Waals surface area (Å²) in [6, 6.07) is 13.0. The third kappa shape index (κ3) is 6.58. The number of hydrogen-bond acceptors (Lipinski definition) is 5. The van der Waals surface area contributed by atoms with Gasteiger partial charge in [0, 0.05) is 37.9 Å². The number of imidazole rings is 1. The lowest BCUT2D eigenvalue weighted by molar-refractivity contribution is -0.192. The Morgan fingerprint density at radius 3 is 2.39 bits per heavy atom. The number of carboxylic acid groups (broad SMARTS) is 1. The molecular formula is C23H25ClF3N5O4. The van der Waals surface area contributed by atoms with E-state index < -0.39 is 12.1 Å². The minimum atomic E-state index is -5.08. The number of rotatable bonds is 5. The normalized spacial score (nSPS) is 14.8. The summed E-state index contributed by atoms with van der Waals surface area (Å²) in [5.74, 6) is -3.01. The van der Waals surface area contributed by atoms with Crippen LogP contribution in [-0.4, -0.2) is 63.8 Å². The van der Waals surface area contributed by atoms with Crippen LogP contribution < -0.4 is 16.7 Å². The number of nitrogens with two attached hydrogens (primary N) is 1. The molecule has 2 aromatic carbocycles. The number of carbonyl (C=O) groups excluding carboxylic acids is 1. The maximum absolute atomic E-state index is 12.4. The standard InChI is InChI=1S/C21H24ClN5O2.C2HF3O2/c22-15-4-3-5-16(23)19(15)20(28)24-10-13-26-11-8-14(9-12-26)27-18-7-2-1-6-17(18)25-21(27)29;3-2(4,5)1(6)7/h1-7,14H,8-13,23H2,(H,24,28)(H,25,29);(H,6,7). The predicted molar refractivity (Wildman–Crippen MR) is 129 cm³/mol. The topological polar surface area (TPSA) is 133 Å². The highest BCUT2D eigenvalue weighted by Crippen LogP contribution is 2.25. The van der Waals surface area contributed by atoms with Crippen LogP contribution in [0.4, 0.5) is 18.9 Å². The maximum atomic E-state index is 12.4. The van der Waals surface area contributed by atoms with Gasteiger partial charge in [-0.1, -0.05) is 29.8 Å². The van der Waals surface area contributed by atoms with Gasteiger partial charge in [-0.3, -0.25) is 9.36 Å². The number of aromatic nitrogens is 2. The first kappa shape index (κ1) is 27.1. The molecule has 0 saturated carbocycles. The molecule has 5 N–H and O–H groups in total. The molecule has 4 rings (SSSR count). The minimum Gasteiger partial charge on any atom is -0.475 e. The molecule has 1 amide bonds. The summed E-state index contributed by atoms with van der Waals surface area (Å²) >= 11 is 6.09. The molecule has 9 nitrogen and oxygen atoms in total. The number of nitrogens with one attached hydrogen (secondary N) is 2. The third-order valence-corrected chi connectivity index (χ3v) is 6.09. The molecule has 2 heterocycles. The van der Waals surface area contributed by atoms with Gasteiger partial charge in [0.05, 0.1) is 21.6 Å². The maximum Gasteiger partial charge on any atom is 0.490 e. The van der Waals surface area contributed by atoms with Gasteiger partial charge in [-0.05, 0) is 37.1 Å². The van der Waals surface area contributed by atoms with E-state index in [9.17, 15) is 22.8 Å². The number of carboxylic acids is 1. The zero-order valence-electron chi connectivity index (χ0n) is 19.0. The van der Waals surface area contributed by atoms with Crippen LogP contribution in [0.1, 0.15) is 29.2 Å². The fourth-order valence-electron chi connectivity index (χ4n) is 4.03. The van der Waals surface area contributed by atoms with Gasteiger partial charge in [0.1, 0.15) is 0 Å². The van der Waals surface area contributed by atoms with Gasteiger partial charge < -0.3 is 26.0 Å². The Morgan fingerprint density at radius 2 is 1.78 bits per heavy atom. The van der Waals surface area contributed by atoms with Gasteiger partial charge >= 0.3 is 17.8 Å². The Labute approximate surface area is 208 Å². The molecule has 194 valence electrons. The van der Waals surface area contributed by atoms with Gasteiger partial charge in [-0.2, -0.15) is 13.2 Å². The van der Waals surface area contributed by atoms with Crippen LogP contribution in [0.15, 0.2) is 47.3 Å². The number of alkyl halides is 3. The molecule has 1 saturated heterocycles. The van der Waals surface area contributed by atoms with Crippen LogP contribution in [0.5, 0.6) is 0 Å². The summed E-state index contributed by atoms with van der Waals surface area (Å²) in [4.78, 5) is 38.9. The molecule has 0 aliphatic carbocycles. The number of halogens is 4. The van der Waals surface area contributed by atoms with Crippen molar-refractivity contribution < 1.29 is 27.9 Å². The molecule has 0 radical (unpaired) electrons. The van der Waals surface area contributed by atoms with Crippen LogP contribution in [0.3, 0.4) is 0 Å². The van der Waals surface area contributed by atoms with E-state index in [-0.39, 0.29) is 17.6 Å². The first-order chi connectivity index (χ1) is 17.0. The zero-order chi connectivity index (χ0) is 26.5. The van der Waals surface area contributed by atoms with E-state index in [0.717, 1.165) is 43.5 Å². The summed E-state index contributed by atoms with van der Waals surface area (Å²) in [6.07, 6.45) is -3.29. The van der Waals surface area contributed by atoms with Crippen molar-refractivity contribution in [2.75, 3.05) is 31.9 Å². The highest BCUT2D eigenvalue weighted by molar-refractivity contribution is 6.34.